The number of piperidine rings is 1. The lowest BCUT2D eigenvalue weighted by atomic mass is 9.81. The van der Waals surface area contributed by atoms with Crippen LogP contribution in [-0.4, -0.2) is 41.5 Å². The molecule has 2 rings (SSSR count). The molecule has 0 bridgehead atoms. The van der Waals surface area contributed by atoms with Crippen molar-refractivity contribution in [3.63, 3.8) is 0 Å². The van der Waals surface area contributed by atoms with Crippen LogP contribution in [0, 0.1) is 22.7 Å². The van der Waals surface area contributed by atoms with Gasteiger partial charge in [0.15, 0.2) is 0 Å². The van der Waals surface area contributed by atoms with Crippen LogP contribution in [0.5, 0.6) is 0 Å². The molecule has 5 nitrogen and oxygen atoms in total. The molecule has 1 aliphatic carbocycles. The molecule has 2 aliphatic rings. The Morgan fingerprint density at radius 3 is 2.44 bits per heavy atom. The lowest BCUT2D eigenvalue weighted by Crippen LogP contribution is -2.59. The first-order valence-electron chi connectivity index (χ1n) is 9.89. The number of hydrogen-bond acceptors (Lipinski definition) is 4. The summed E-state index contributed by atoms with van der Waals surface area (Å²) >= 11 is 0. The van der Waals surface area contributed by atoms with Crippen molar-refractivity contribution in [3.8, 4) is 6.07 Å². The van der Waals surface area contributed by atoms with Gasteiger partial charge in [-0.2, -0.15) is 5.26 Å². The van der Waals surface area contributed by atoms with Crippen molar-refractivity contribution in [2.45, 2.75) is 90.3 Å². The van der Waals surface area contributed by atoms with E-state index in [1.807, 2.05) is 0 Å². The van der Waals surface area contributed by atoms with Crippen molar-refractivity contribution in [1.82, 2.24) is 10.2 Å². The summed E-state index contributed by atoms with van der Waals surface area (Å²) in [6.07, 6.45) is 7.24. The Bertz CT molecular complexity index is 497. The van der Waals surface area contributed by atoms with E-state index in [9.17, 15) is 10.1 Å². The maximum atomic E-state index is 12.5. The lowest BCUT2D eigenvalue weighted by molar-refractivity contribution is -0.125. The van der Waals surface area contributed by atoms with Crippen LogP contribution in [0.3, 0.4) is 0 Å². The highest BCUT2D eigenvalue weighted by molar-refractivity contribution is 5.82. The summed E-state index contributed by atoms with van der Waals surface area (Å²) in [4.78, 5) is 15.0. The van der Waals surface area contributed by atoms with E-state index in [1.165, 1.54) is 25.7 Å². The molecule has 1 saturated heterocycles. The molecule has 1 aliphatic heterocycles. The molecule has 1 saturated carbocycles. The highest BCUT2D eigenvalue weighted by atomic mass is 16.2. The van der Waals surface area contributed by atoms with Crippen molar-refractivity contribution in [1.29, 1.82) is 5.26 Å². The second-order valence-corrected chi connectivity index (χ2v) is 9.42. The smallest absolute Gasteiger partial charge is 0.238 e. The fourth-order valence-electron chi connectivity index (χ4n) is 4.42. The highest BCUT2D eigenvalue weighted by Gasteiger charge is 2.40. The Labute approximate surface area is 153 Å². The molecule has 1 heterocycles. The molecular weight excluding hydrogens is 312 g/mol. The largest absolute Gasteiger partial charge is 0.336 e. The van der Waals surface area contributed by atoms with Gasteiger partial charge in [-0.25, -0.2) is 0 Å². The van der Waals surface area contributed by atoms with Crippen LogP contribution in [0.4, 0.5) is 0 Å². The van der Waals surface area contributed by atoms with Gasteiger partial charge >= 0.3 is 0 Å². The van der Waals surface area contributed by atoms with Gasteiger partial charge in [0.2, 0.25) is 5.91 Å². The molecule has 3 unspecified atom stereocenters. The third kappa shape index (κ3) is 5.43. The summed E-state index contributed by atoms with van der Waals surface area (Å²) < 4.78 is 0. The standard InChI is InChI=1S/C20H36N4O/c1-15-7-5-6-8-17(15)24-11-9-20(14-21,10-12-24)23-18(25)16(22)13-19(2,3)4/h15-17H,5-13,22H2,1-4H3,(H,23,25). The van der Waals surface area contributed by atoms with Gasteiger partial charge in [0.25, 0.3) is 0 Å². The first kappa shape index (κ1) is 20.2. The molecule has 1 amide bonds. The number of carbonyl (C=O) groups is 1. The number of nitrogens with one attached hydrogen (secondary N) is 1. The molecule has 142 valence electrons. The average Bonchev–Trinajstić information content (AvgIpc) is 2.54. The monoisotopic (exact) mass is 348 g/mol. The third-order valence-electron chi connectivity index (χ3n) is 5.93. The topological polar surface area (TPSA) is 82.2 Å². The molecule has 2 fully saturated rings. The fraction of sp³-hybridized carbons (Fsp3) is 0.900. The second-order valence-electron chi connectivity index (χ2n) is 9.42. The number of amides is 1. The molecule has 0 radical (unpaired) electrons. The normalized spacial score (nSPS) is 28.8. The third-order valence-corrected chi connectivity index (χ3v) is 5.93. The summed E-state index contributed by atoms with van der Waals surface area (Å²) in [7, 11) is 0. The number of hydrogen-bond donors (Lipinski definition) is 2. The number of nitrogens with zero attached hydrogens (tertiary/aromatic N) is 2. The first-order chi connectivity index (χ1) is 11.7. The van der Waals surface area contributed by atoms with Crippen molar-refractivity contribution < 1.29 is 4.79 Å². The predicted molar refractivity (Wildman–Crippen MR) is 101 cm³/mol. The van der Waals surface area contributed by atoms with Crippen LogP contribution < -0.4 is 11.1 Å². The zero-order valence-corrected chi connectivity index (χ0v) is 16.5. The van der Waals surface area contributed by atoms with E-state index in [0.717, 1.165) is 19.0 Å². The van der Waals surface area contributed by atoms with E-state index < -0.39 is 11.6 Å². The molecule has 3 N–H and O–H groups in total. The average molecular weight is 349 g/mol. The second kappa shape index (κ2) is 8.05. The van der Waals surface area contributed by atoms with Crippen LogP contribution in [0.2, 0.25) is 0 Å². The van der Waals surface area contributed by atoms with Crippen molar-refractivity contribution in [3.05, 3.63) is 0 Å². The summed E-state index contributed by atoms with van der Waals surface area (Å²) in [5.74, 6) is 0.550. The Morgan fingerprint density at radius 1 is 1.32 bits per heavy atom. The van der Waals surface area contributed by atoms with Crippen molar-refractivity contribution >= 4 is 5.91 Å². The first-order valence-corrected chi connectivity index (χ1v) is 9.89. The number of nitrogens with two attached hydrogens (primary N) is 1. The van der Waals surface area contributed by atoms with Crippen LogP contribution in [-0.2, 0) is 4.79 Å². The molecule has 0 aromatic carbocycles. The highest BCUT2D eigenvalue weighted by Crippen LogP contribution is 2.32. The zero-order chi connectivity index (χ0) is 18.7. The fourth-order valence-corrected chi connectivity index (χ4v) is 4.42. The van der Waals surface area contributed by atoms with Crippen LogP contribution >= 0.6 is 0 Å². The van der Waals surface area contributed by atoms with Gasteiger partial charge in [0, 0.05) is 19.1 Å². The molecule has 0 aromatic heterocycles. The van der Waals surface area contributed by atoms with Gasteiger partial charge in [-0.3, -0.25) is 9.69 Å². The van der Waals surface area contributed by atoms with Crippen LogP contribution in [0.1, 0.15) is 72.6 Å². The summed E-state index contributed by atoms with van der Waals surface area (Å²) in [6.45, 7) is 10.3. The quantitative estimate of drug-likeness (QED) is 0.818. The van der Waals surface area contributed by atoms with Gasteiger partial charge < -0.3 is 11.1 Å². The minimum Gasteiger partial charge on any atom is -0.336 e. The van der Waals surface area contributed by atoms with Gasteiger partial charge in [0.05, 0.1) is 12.1 Å². The van der Waals surface area contributed by atoms with Gasteiger partial charge in [-0.05, 0) is 43.4 Å². The molecule has 25 heavy (non-hydrogen) atoms. The molecular formula is C20H36N4O. The number of rotatable bonds is 4. The molecule has 0 aromatic rings. The van der Waals surface area contributed by atoms with E-state index >= 15 is 0 Å². The van der Waals surface area contributed by atoms with E-state index in [0.29, 0.717) is 25.3 Å². The Balaban J connectivity index is 1.92. The van der Waals surface area contributed by atoms with Gasteiger partial charge in [-0.15, -0.1) is 0 Å². The van der Waals surface area contributed by atoms with Crippen molar-refractivity contribution in [2.24, 2.45) is 17.1 Å². The molecule has 5 heteroatoms. The molecule has 0 spiro atoms. The zero-order valence-electron chi connectivity index (χ0n) is 16.5. The minimum atomic E-state index is -0.749. The molecule has 3 atom stereocenters. The summed E-state index contributed by atoms with van der Waals surface area (Å²) in [5, 5.41) is 12.7. The number of nitriles is 1. The Hall–Kier alpha value is -1.12. The predicted octanol–water partition coefficient (Wildman–Crippen LogP) is 2.80. The SMILES string of the molecule is CC1CCCCC1N1CCC(C#N)(NC(=O)C(N)CC(C)(C)C)CC1. The van der Waals surface area contributed by atoms with E-state index in [-0.39, 0.29) is 11.3 Å². The van der Waals surface area contributed by atoms with Crippen molar-refractivity contribution in [2.75, 3.05) is 13.1 Å². The van der Waals surface area contributed by atoms with Crippen LogP contribution in [0.15, 0.2) is 0 Å². The van der Waals surface area contributed by atoms with E-state index in [4.69, 9.17) is 5.73 Å². The Morgan fingerprint density at radius 2 is 1.92 bits per heavy atom. The van der Waals surface area contributed by atoms with Crippen LogP contribution in [0.25, 0.3) is 0 Å². The van der Waals surface area contributed by atoms with Gasteiger partial charge in [0.1, 0.15) is 5.54 Å². The minimum absolute atomic E-state index is 0.00293. The lowest BCUT2D eigenvalue weighted by Gasteiger charge is -2.45. The van der Waals surface area contributed by atoms with E-state index in [1.54, 1.807) is 0 Å². The maximum absolute atomic E-state index is 12.5. The van der Waals surface area contributed by atoms with E-state index in [2.05, 4.69) is 44.0 Å². The number of likely N-dealkylation sites (tertiary alicyclic amines) is 1. The Kier molecular flexibility index (Phi) is 6.51. The summed E-state index contributed by atoms with van der Waals surface area (Å²) in [6, 6.07) is 2.48. The number of carbonyl (C=O) groups excluding carboxylic acids is 1. The summed E-state index contributed by atoms with van der Waals surface area (Å²) in [5.41, 5.74) is 5.31. The maximum Gasteiger partial charge on any atom is 0.238 e. The van der Waals surface area contributed by atoms with Gasteiger partial charge in [-0.1, -0.05) is 40.5 Å².